The average Bonchev–Trinajstić information content (AvgIpc) is 2.86. The Morgan fingerprint density at radius 3 is 2.41 bits per heavy atom. The zero-order valence-electron chi connectivity index (χ0n) is 11.4. The molecule has 0 radical (unpaired) electrons. The van der Waals surface area contributed by atoms with Crippen LogP contribution in [0.1, 0.15) is 34.1 Å². The van der Waals surface area contributed by atoms with Gasteiger partial charge in [-0.1, -0.05) is 17.3 Å². The minimum absolute atomic E-state index is 0.0308. The fourth-order valence-corrected chi connectivity index (χ4v) is 2.09. The lowest BCUT2D eigenvalue weighted by Crippen LogP contribution is -2.41. The van der Waals surface area contributed by atoms with Crippen LogP contribution in [0.25, 0.3) is 0 Å². The van der Waals surface area contributed by atoms with E-state index in [1.807, 2.05) is 0 Å². The van der Waals surface area contributed by atoms with Crippen LogP contribution in [0.4, 0.5) is 13.2 Å². The molecule has 0 aliphatic carbocycles. The largest absolute Gasteiger partial charge is 0.471 e. The van der Waals surface area contributed by atoms with Crippen molar-refractivity contribution in [2.75, 3.05) is 13.1 Å². The van der Waals surface area contributed by atoms with Gasteiger partial charge in [-0.05, 0) is 24.1 Å². The van der Waals surface area contributed by atoms with E-state index in [9.17, 15) is 18.0 Å². The third-order valence-corrected chi connectivity index (χ3v) is 3.42. The van der Waals surface area contributed by atoms with Crippen LogP contribution in [-0.2, 0) is 12.6 Å². The summed E-state index contributed by atoms with van der Waals surface area (Å²) in [6.07, 6.45) is -3.51. The second kappa shape index (κ2) is 5.43. The van der Waals surface area contributed by atoms with Gasteiger partial charge in [-0.25, -0.2) is 0 Å². The first-order valence-electron chi connectivity index (χ1n) is 6.71. The van der Waals surface area contributed by atoms with Crippen molar-refractivity contribution in [2.24, 2.45) is 0 Å². The highest BCUT2D eigenvalue weighted by Gasteiger charge is 2.38. The van der Waals surface area contributed by atoms with E-state index in [0.717, 1.165) is 19.5 Å². The van der Waals surface area contributed by atoms with Gasteiger partial charge in [0.25, 0.3) is 5.91 Å². The van der Waals surface area contributed by atoms with Crippen LogP contribution in [0.2, 0.25) is 0 Å². The van der Waals surface area contributed by atoms with Crippen molar-refractivity contribution in [3.05, 3.63) is 47.1 Å². The van der Waals surface area contributed by atoms with Crippen LogP contribution in [0, 0.1) is 0 Å². The summed E-state index contributed by atoms with van der Waals surface area (Å²) >= 11 is 0. The molecule has 1 fully saturated rings. The summed E-state index contributed by atoms with van der Waals surface area (Å²) in [4.78, 5) is 17.0. The third-order valence-electron chi connectivity index (χ3n) is 3.42. The number of hydrogen-bond acceptors (Lipinski definition) is 4. The molecule has 8 heteroatoms. The fourth-order valence-electron chi connectivity index (χ4n) is 2.09. The lowest BCUT2D eigenvalue weighted by molar-refractivity contribution is -0.159. The minimum Gasteiger partial charge on any atom is -0.339 e. The predicted octanol–water partition coefficient (Wildman–Crippen LogP) is 2.53. The van der Waals surface area contributed by atoms with E-state index in [2.05, 4.69) is 14.7 Å². The van der Waals surface area contributed by atoms with Crippen LogP contribution in [-0.4, -0.2) is 34.0 Å². The zero-order valence-corrected chi connectivity index (χ0v) is 11.4. The molecule has 1 amide bonds. The number of amides is 1. The number of alkyl halides is 3. The molecule has 1 aromatic carbocycles. The number of rotatable bonds is 3. The van der Waals surface area contributed by atoms with Gasteiger partial charge in [0, 0.05) is 25.1 Å². The van der Waals surface area contributed by atoms with Crippen LogP contribution in [0.5, 0.6) is 0 Å². The van der Waals surface area contributed by atoms with E-state index in [1.165, 1.54) is 0 Å². The summed E-state index contributed by atoms with van der Waals surface area (Å²) in [7, 11) is 0. The van der Waals surface area contributed by atoms with Crippen molar-refractivity contribution >= 4 is 5.91 Å². The van der Waals surface area contributed by atoms with Crippen LogP contribution in [0.15, 0.2) is 28.8 Å². The lowest BCUT2D eigenvalue weighted by atomic mass is 10.1. The van der Waals surface area contributed by atoms with Crippen molar-refractivity contribution < 1.29 is 22.5 Å². The molecule has 1 aliphatic heterocycles. The summed E-state index contributed by atoms with van der Waals surface area (Å²) in [5.74, 6) is -1.43. The summed E-state index contributed by atoms with van der Waals surface area (Å²) in [5.41, 5.74) is 1.27. The number of nitrogens with zero attached hydrogens (tertiary/aromatic N) is 3. The van der Waals surface area contributed by atoms with Gasteiger partial charge in [0.1, 0.15) is 0 Å². The summed E-state index contributed by atoms with van der Waals surface area (Å²) in [5, 5.41) is 3.30. The number of halogens is 3. The molecule has 5 nitrogen and oxygen atoms in total. The summed E-state index contributed by atoms with van der Waals surface area (Å²) in [6, 6.07) is 6.66. The van der Waals surface area contributed by atoms with Crippen molar-refractivity contribution in [3.8, 4) is 0 Å². The Kier molecular flexibility index (Phi) is 3.59. The average molecular weight is 311 g/mol. The molecule has 2 heterocycles. The van der Waals surface area contributed by atoms with Crippen molar-refractivity contribution in [1.29, 1.82) is 0 Å². The van der Waals surface area contributed by atoms with Crippen LogP contribution in [0.3, 0.4) is 0 Å². The highest BCUT2D eigenvalue weighted by molar-refractivity contribution is 5.94. The Labute approximate surface area is 123 Å². The molecular weight excluding hydrogens is 299 g/mol. The topological polar surface area (TPSA) is 59.2 Å². The first-order chi connectivity index (χ1) is 10.4. The molecule has 22 heavy (non-hydrogen) atoms. The predicted molar refractivity (Wildman–Crippen MR) is 69.1 cm³/mol. The Balaban J connectivity index is 1.68. The maximum Gasteiger partial charge on any atom is 0.471 e. The normalized spacial score (nSPS) is 14.8. The highest BCUT2D eigenvalue weighted by atomic mass is 19.4. The fraction of sp³-hybridized carbons (Fsp3) is 0.357. The number of carbonyl (C=O) groups is 1. The highest BCUT2D eigenvalue weighted by Crippen LogP contribution is 2.27. The van der Waals surface area contributed by atoms with E-state index in [1.54, 1.807) is 29.2 Å². The molecule has 2 aromatic rings. The number of benzene rings is 1. The SMILES string of the molecule is O=C(c1ccc(Cc2noc(C(F)(F)F)n2)cc1)N1CCC1. The van der Waals surface area contributed by atoms with Crippen molar-refractivity contribution in [2.45, 2.75) is 19.0 Å². The Morgan fingerprint density at radius 1 is 1.23 bits per heavy atom. The van der Waals surface area contributed by atoms with Gasteiger partial charge in [-0.15, -0.1) is 0 Å². The molecule has 0 N–H and O–H groups in total. The minimum atomic E-state index is -4.64. The van der Waals surface area contributed by atoms with Gasteiger partial charge in [0.2, 0.25) is 0 Å². The van der Waals surface area contributed by atoms with Crippen molar-refractivity contribution in [1.82, 2.24) is 15.0 Å². The molecule has 0 saturated carbocycles. The molecule has 3 rings (SSSR count). The quantitative estimate of drug-likeness (QED) is 0.874. The maximum atomic E-state index is 12.4. The lowest BCUT2D eigenvalue weighted by Gasteiger charge is -2.30. The zero-order chi connectivity index (χ0) is 15.7. The molecule has 1 saturated heterocycles. The molecule has 1 aromatic heterocycles. The van der Waals surface area contributed by atoms with Gasteiger partial charge in [-0.3, -0.25) is 4.79 Å². The van der Waals surface area contributed by atoms with Gasteiger partial charge in [0.05, 0.1) is 0 Å². The van der Waals surface area contributed by atoms with E-state index >= 15 is 0 Å². The Morgan fingerprint density at radius 2 is 1.91 bits per heavy atom. The maximum absolute atomic E-state index is 12.4. The number of aromatic nitrogens is 2. The smallest absolute Gasteiger partial charge is 0.339 e. The first-order valence-corrected chi connectivity index (χ1v) is 6.71. The van der Waals surface area contributed by atoms with E-state index < -0.39 is 12.1 Å². The van der Waals surface area contributed by atoms with Gasteiger partial charge in [-0.2, -0.15) is 18.2 Å². The van der Waals surface area contributed by atoms with Crippen LogP contribution < -0.4 is 0 Å². The van der Waals surface area contributed by atoms with Crippen LogP contribution >= 0.6 is 0 Å². The second-order valence-corrected chi connectivity index (χ2v) is 5.03. The van der Waals surface area contributed by atoms with Gasteiger partial charge >= 0.3 is 12.1 Å². The van der Waals surface area contributed by atoms with E-state index in [0.29, 0.717) is 11.1 Å². The standard InChI is InChI=1S/C14H12F3N3O2/c15-14(16,17)13-18-11(19-22-13)8-9-2-4-10(5-3-9)12(21)20-6-1-7-20/h2-5H,1,6-8H2. The van der Waals surface area contributed by atoms with Crippen molar-refractivity contribution in [3.63, 3.8) is 0 Å². The Bertz CT molecular complexity index is 675. The third kappa shape index (κ3) is 2.95. The van der Waals surface area contributed by atoms with Gasteiger partial charge in [0.15, 0.2) is 5.82 Å². The van der Waals surface area contributed by atoms with Gasteiger partial charge < -0.3 is 9.42 Å². The second-order valence-electron chi connectivity index (χ2n) is 5.03. The van der Waals surface area contributed by atoms with E-state index in [-0.39, 0.29) is 18.2 Å². The molecule has 0 bridgehead atoms. The molecule has 1 aliphatic rings. The monoisotopic (exact) mass is 311 g/mol. The summed E-state index contributed by atoms with van der Waals surface area (Å²) in [6.45, 7) is 1.54. The molecule has 0 spiro atoms. The number of likely N-dealkylation sites (tertiary alicyclic amines) is 1. The number of hydrogen-bond donors (Lipinski definition) is 0. The molecular formula is C14H12F3N3O2. The first kappa shape index (κ1) is 14.6. The molecule has 0 atom stereocenters. The van der Waals surface area contributed by atoms with E-state index in [4.69, 9.17) is 0 Å². The molecule has 0 unspecified atom stereocenters. The summed E-state index contributed by atoms with van der Waals surface area (Å²) < 4.78 is 41.2. The Hall–Kier alpha value is -2.38. The number of carbonyl (C=O) groups excluding carboxylic acids is 1. The molecule has 116 valence electrons.